The molecule has 6 heteroatoms. The Morgan fingerprint density at radius 3 is 2.73 bits per heavy atom. The highest BCUT2D eigenvalue weighted by atomic mass is 79.9. The van der Waals surface area contributed by atoms with Gasteiger partial charge in [0.25, 0.3) is 0 Å². The molecule has 2 aromatic rings. The monoisotopic (exact) mass is 385 g/mol. The lowest BCUT2D eigenvalue weighted by molar-refractivity contribution is -0.115. The Bertz CT molecular complexity index is 681. The Morgan fingerprint density at radius 2 is 2.05 bits per heavy atom. The van der Waals surface area contributed by atoms with Crippen LogP contribution in [0.25, 0.3) is 0 Å². The van der Waals surface area contributed by atoms with Gasteiger partial charge in [0.05, 0.1) is 10.9 Å². The fourth-order valence-electron chi connectivity index (χ4n) is 1.75. The van der Waals surface area contributed by atoms with Crippen LogP contribution in [0.15, 0.2) is 46.9 Å². The lowest BCUT2D eigenvalue weighted by atomic mass is 10.2. The molecule has 0 heterocycles. The quantitative estimate of drug-likeness (QED) is 0.785. The Balaban J connectivity index is 1.92. The first-order chi connectivity index (χ1) is 10.5. The average molecular weight is 386 g/mol. The van der Waals surface area contributed by atoms with E-state index in [1.807, 2.05) is 24.3 Å². The molecule has 0 spiro atoms. The van der Waals surface area contributed by atoms with Gasteiger partial charge in [0.15, 0.2) is 0 Å². The van der Waals surface area contributed by atoms with Gasteiger partial charge in [-0.2, -0.15) is 0 Å². The number of carbonyl (C=O) groups is 1. The van der Waals surface area contributed by atoms with Crippen LogP contribution in [0.1, 0.15) is 12.5 Å². The van der Waals surface area contributed by atoms with Gasteiger partial charge >= 0.3 is 0 Å². The third-order valence-electron chi connectivity index (χ3n) is 2.95. The maximum absolute atomic E-state index is 13.5. The van der Waals surface area contributed by atoms with Gasteiger partial charge in [0, 0.05) is 16.3 Å². The number of amides is 1. The molecule has 2 rings (SSSR count). The zero-order chi connectivity index (χ0) is 16.1. The van der Waals surface area contributed by atoms with Crippen molar-refractivity contribution in [1.82, 2.24) is 0 Å². The second-order valence-corrected chi connectivity index (χ2v) is 6.94. The summed E-state index contributed by atoms with van der Waals surface area (Å²) in [6.45, 7) is 1.75. The molecule has 2 aromatic carbocycles. The summed E-state index contributed by atoms with van der Waals surface area (Å²) in [7, 11) is 0. The second kappa shape index (κ2) is 7.74. The Labute approximate surface area is 140 Å². The highest BCUT2D eigenvalue weighted by molar-refractivity contribution is 9.10. The van der Waals surface area contributed by atoms with Crippen molar-refractivity contribution in [3.63, 3.8) is 0 Å². The second-order valence-electron chi connectivity index (χ2n) is 4.70. The van der Waals surface area contributed by atoms with Crippen LogP contribution in [0.2, 0.25) is 0 Å². The van der Waals surface area contributed by atoms with E-state index in [4.69, 9.17) is 0 Å². The number of rotatable bonds is 5. The van der Waals surface area contributed by atoms with Crippen molar-refractivity contribution in [3.8, 4) is 0 Å². The molecule has 0 saturated heterocycles. The zero-order valence-electron chi connectivity index (χ0n) is 11.8. The van der Waals surface area contributed by atoms with E-state index in [0.717, 1.165) is 22.2 Å². The number of nitrogens with one attached hydrogen (secondary N) is 1. The molecule has 1 N–H and O–H groups in total. The standard InChI is InChI=1S/C16H14BrF2NOS/c1-10(22-9-11-3-2-4-12(17)7-11)16(21)20-15-6-5-13(18)8-14(15)19/h2-8,10H,9H2,1H3,(H,20,21). The van der Waals surface area contributed by atoms with Crippen LogP contribution in [0, 0.1) is 11.6 Å². The third-order valence-corrected chi connectivity index (χ3v) is 4.65. The highest BCUT2D eigenvalue weighted by Crippen LogP contribution is 2.22. The van der Waals surface area contributed by atoms with Crippen LogP contribution in [-0.2, 0) is 10.5 Å². The number of thioether (sulfide) groups is 1. The summed E-state index contributed by atoms with van der Waals surface area (Å²) in [5.74, 6) is -1.10. The number of carbonyl (C=O) groups excluding carboxylic acids is 1. The van der Waals surface area contributed by atoms with E-state index >= 15 is 0 Å². The van der Waals surface area contributed by atoms with Crippen molar-refractivity contribution in [3.05, 3.63) is 64.1 Å². The average Bonchev–Trinajstić information content (AvgIpc) is 2.47. The zero-order valence-corrected chi connectivity index (χ0v) is 14.2. The largest absolute Gasteiger partial charge is 0.323 e. The summed E-state index contributed by atoms with van der Waals surface area (Å²) in [5.41, 5.74) is 1.08. The smallest absolute Gasteiger partial charge is 0.237 e. The molecule has 22 heavy (non-hydrogen) atoms. The van der Waals surface area contributed by atoms with Gasteiger partial charge in [0.2, 0.25) is 5.91 Å². The molecule has 1 amide bonds. The third kappa shape index (κ3) is 4.81. The predicted molar refractivity (Wildman–Crippen MR) is 89.9 cm³/mol. The highest BCUT2D eigenvalue weighted by Gasteiger charge is 2.15. The minimum atomic E-state index is -0.780. The van der Waals surface area contributed by atoms with Crippen molar-refractivity contribution in [2.45, 2.75) is 17.9 Å². The lowest BCUT2D eigenvalue weighted by Gasteiger charge is -2.12. The van der Waals surface area contributed by atoms with Gasteiger partial charge in [-0.1, -0.05) is 28.1 Å². The number of anilines is 1. The fourth-order valence-corrected chi connectivity index (χ4v) is 3.03. The van der Waals surface area contributed by atoms with Crippen LogP contribution in [0.5, 0.6) is 0 Å². The van der Waals surface area contributed by atoms with Crippen molar-refractivity contribution < 1.29 is 13.6 Å². The van der Waals surface area contributed by atoms with E-state index in [0.29, 0.717) is 5.75 Å². The van der Waals surface area contributed by atoms with E-state index in [1.54, 1.807) is 6.92 Å². The van der Waals surface area contributed by atoms with Crippen LogP contribution < -0.4 is 5.32 Å². The first kappa shape index (κ1) is 17.0. The van der Waals surface area contributed by atoms with Crippen molar-refractivity contribution >= 4 is 39.3 Å². The summed E-state index contributed by atoms with van der Waals surface area (Å²) in [6.07, 6.45) is 0. The molecule has 0 aliphatic carbocycles. The summed E-state index contributed by atoms with van der Waals surface area (Å²) in [4.78, 5) is 12.0. The maximum Gasteiger partial charge on any atom is 0.237 e. The van der Waals surface area contributed by atoms with Crippen molar-refractivity contribution in [2.24, 2.45) is 0 Å². The van der Waals surface area contributed by atoms with Crippen LogP contribution in [0.3, 0.4) is 0 Å². The molecule has 0 aromatic heterocycles. The predicted octanol–water partition coefficient (Wildman–Crippen LogP) is 4.99. The van der Waals surface area contributed by atoms with Gasteiger partial charge in [-0.15, -0.1) is 11.8 Å². The molecule has 1 unspecified atom stereocenters. The van der Waals surface area contributed by atoms with E-state index in [1.165, 1.54) is 17.8 Å². The summed E-state index contributed by atoms with van der Waals surface area (Å²) >= 11 is 4.84. The van der Waals surface area contributed by atoms with Gasteiger partial charge in [0.1, 0.15) is 11.6 Å². The van der Waals surface area contributed by atoms with Crippen LogP contribution in [-0.4, -0.2) is 11.2 Å². The molecular weight excluding hydrogens is 372 g/mol. The van der Waals surface area contributed by atoms with E-state index in [9.17, 15) is 13.6 Å². The van der Waals surface area contributed by atoms with Crippen LogP contribution in [0.4, 0.5) is 14.5 Å². The SMILES string of the molecule is CC(SCc1cccc(Br)c1)C(=O)Nc1ccc(F)cc1F. The van der Waals surface area contributed by atoms with Crippen molar-refractivity contribution in [2.75, 3.05) is 5.32 Å². The normalized spacial score (nSPS) is 12.0. The molecule has 1 atom stereocenters. The Hall–Kier alpha value is -1.40. The van der Waals surface area contributed by atoms with Gasteiger partial charge in [-0.25, -0.2) is 8.78 Å². The maximum atomic E-state index is 13.5. The topological polar surface area (TPSA) is 29.1 Å². The Morgan fingerprint density at radius 1 is 1.27 bits per heavy atom. The molecule has 0 aliphatic rings. The Kier molecular flexibility index (Phi) is 5.97. The summed E-state index contributed by atoms with van der Waals surface area (Å²) in [5, 5.41) is 2.12. The lowest BCUT2D eigenvalue weighted by Crippen LogP contribution is -2.23. The number of hydrogen-bond acceptors (Lipinski definition) is 2. The van der Waals surface area contributed by atoms with E-state index in [2.05, 4.69) is 21.2 Å². The van der Waals surface area contributed by atoms with Crippen molar-refractivity contribution in [1.29, 1.82) is 0 Å². The summed E-state index contributed by atoms with van der Waals surface area (Å²) in [6, 6.07) is 10.9. The molecule has 0 fully saturated rings. The number of hydrogen-bond donors (Lipinski definition) is 1. The molecule has 0 saturated carbocycles. The molecule has 116 valence electrons. The van der Waals surface area contributed by atoms with Gasteiger partial charge < -0.3 is 5.32 Å². The first-order valence-electron chi connectivity index (χ1n) is 6.57. The first-order valence-corrected chi connectivity index (χ1v) is 8.42. The molecule has 0 bridgehead atoms. The van der Waals surface area contributed by atoms with Gasteiger partial charge in [-0.3, -0.25) is 4.79 Å². The molecule has 0 aliphatic heterocycles. The van der Waals surface area contributed by atoms with E-state index < -0.39 is 11.6 Å². The number of halogens is 3. The molecule has 0 radical (unpaired) electrons. The minimum absolute atomic E-state index is 0.0127. The molecule has 2 nitrogen and oxygen atoms in total. The van der Waals surface area contributed by atoms with E-state index in [-0.39, 0.29) is 16.8 Å². The molecular formula is C16H14BrF2NOS. The fraction of sp³-hybridized carbons (Fsp3) is 0.188. The number of benzene rings is 2. The van der Waals surface area contributed by atoms with Crippen LogP contribution >= 0.6 is 27.7 Å². The summed E-state index contributed by atoms with van der Waals surface area (Å²) < 4.78 is 27.3. The van der Waals surface area contributed by atoms with Gasteiger partial charge in [-0.05, 0) is 36.8 Å². The minimum Gasteiger partial charge on any atom is -0.323 e.